The van der Waals surface area contributed by atoms with Crippen LogP contribution in [0.25, 0.3) is 17.0 Å². The number of carboxylic acids is 1. The second-order valence-corrected chi connectivity index (χ2v) is 6.07. The molecular formula is C20H18N2O2. The van der Waals surface area contributed by atoms with E-state index < -0.39 is 12.0 Å². The van der Waals surface area contributed by atoms with Crippen molar-refractivity contribution in [3.8, 4) is 0 Å². The first-order chi connectivity index (χ1) is 11.7. The second kappa shape index (κ2) is 5.98. The van der Waals surface area contributed by atoms with Crippen LogP contribution in [-0.4, -0.2) is 22.1 Å². The van der Waals surface area contributed by atoms with E-state index in [0.29, 0.717) is 6.42 Å². The van der Waals surface area contributed by atoms with Gasteiger partial charge >= 0.3 is 5.97 Å². The Morgan fingerprint density at radius 1 is 1.08 bits per heavy atom. The molecule has 2 aromatic carbocycles. The number of benzene rings is 2. The molecule has 1 aliphatic heterocycles. The highest BCUT2D eigenvalue weighted by Crippen LogP contribution is 2.32. The fourth-order valence-corrected chi connectivity index (χ4v) is 3.35. The molecule has 1 aromatic heterocycles. The van der Waals surface area contributed by atoms with Gasteiger partial charge in [-0.1, -0.05) is 60.7 Å². The molecule has 4 heteroatoms. The maximum absolute atomic E-state index is 11.5. The van der Waals surface area contributed by atoms with Gasteiger partial charge in [-0.15, -0.1) is 0 Å². The number of nitrogens with one attached hydrogen (secondary N) is 2. The lowest BCUT2D eigenvalue weighted by Gasteiger charge is -2.27. The van der Waals surface area contributed by atoms with Crippen molar-refractivity contribution < 1.29 is 9.90 Å². The first kappa shape index (κ1) is 14.7. The van der Waals surface area contributed by atoms with Crippen molar-refractivity contribution >= 4 is 22.9 Å². The molecule has 0 fully saturated rings. The van der Waals surface area contributed by atoms with E-state index in [1.165, 1.54) is 0 Å². The Hall–Kier alpha value is -2.85. The number of hydrogen-bond acceptors (Lipinski definition) is 2. The topological polar surface area (TPSA) is 65.1 Å². The minimum absolute atomic E-state index is 0.151. The summed E-state index contributed by atoms with van der Waals surface area (Å²) in [4.78, 5) is 15.0. The number of aliphatic carboxylic acids is 1. The summed E-state index contributed by atoms with van der Waals surface area (Å²) in [5.74, 6) is -0.816. The number of aromatic amines is 1. The van der Waals surface area contributed by atoms with Gasteiger partial charge in [0, 0.05) is 23.0 Å². The number of aromatic nitrogens is 1. The Morgan fingerprint density at radius 3 is 2.62 bits per heavy atom. The van der Waals surface area contributed by atoms with Crippen LogP contribution < -0.4 is 5.32 Å². The molecule has 0 aliphatic carbocycles. The molecule has 0 radical (unpaired) electrons. The van der Waals surface area contributed by atoms with Crippen molar-refractivity contribution in [2.75, 3.05) is 0 Å². The predicted octanol–water partition coefficient (Wildman–Crippen LogP) is 3.52. The number of H-pyrrole nitrogens is 1. The first-order valence-electron chi connectivity index (χ1n) is 8.04. The summed E-state index contributed by atoms with van der Waals surface area (Å²) < 4.78 is 0. The van der Waals surface area contributed by atoms with E-state index >= 15 is 0 Å². The average molecular weight is 318 g/mol. The predicted molar refractivity (Wildman–Crippen MR) is 94.8 cm³/mol. The molecule has 0 bridgehead atoms. The van der Waals surface area contributed by atoms with Crippen molar-refractivity contribution in [3.63, 3.8) is 0 Å². The van der Waals surface area contributed by atoms with Crippen molar-refractivity contribution in [3.05, 3.63) is 77.5 Å². The largest absolute Gasteiger partial charge is 0.480 e. The van der Waals surface area contributed by atoms with Crippen LogP contribution in [-0.2, 0) is 11.2 Å². The molecular weight excluding hydrogens is 300 g/mol. The minimum Gasteiger partial charge on any atom is -0.480 e. The van der Waals surface area contributed by atoms with Gasteiger partial charge in [-0.05, 0) is 17.2 Å². The van der Waals surface area contributed by atoms with E-state index in [4.69, 9.17) is 0 Å². The number of rotatable bonds is 3. The molecule has 2 atom stereocenters. The van der Waals surface area contributed by atoms with Crippen LogP contribution >= 0.6 is 0 Å². The Kier molecular flexibility index (Phi) is 3.67. The Morgan fingerprint density at radius 2 is 1.83 bits per heavy atom. The van der Waals surface area contributed by atoms with E-state index in [0.717, 1.165) is 27.7 Å². The van der Waals surface area contributed by atoms with Gasteiger partial charge in [0.25, 0.3) is 0 Å². The molecule has 4 nitrogen and oxygen atoms in total. The van der Waals surface area contributed by atoms with E-state index in [2.05, 4.69) is 10.3 Å². The van der Waals surface area contributed by atoms with Crippen LogP contribution in [0.1, 0.15) is 22.9 Å². The molecule has 0 amide bonds. The molecule has 0 spiro atoms. The Labute approximate surface area is 139 Å². The molecule has 2 heterocycles. The van der Waals surface area contributed by atoms with Gasteiger partial charge in [0.05, 0.1) is 6.04 Å². The van der Waals surface area contributed by atoms with Crippen LogP contribution in [0.15, 0.2) is 60.7 Å². The standard InChI is InChI=1S/C20H18N2O2/c23-20(24)18-12-15-14-8-4-5-9-16(14)22-19(15)17(21-18)11-10-13-6-2-1-3-7-13/h1-11,17-18,21-22H,12H2,(H,23,24)/b11-10+/t17-,18+/m1/s1. The number of carbonyl (C=O) groups is 1. The zero-order valence-corrected chi connectivity index (χ0v) is 13.1. The smallest absolute Gasteiger partial charge is 0.321 e. The Balaban J connectivity index is 1.76. The molecule has 1 aliphatic rings. The molecule has 4 rings (SSSR count). The highest BCUT2D eigenvalue weighted by atomic mass is 16.4. The van der Waals surface area contributed by atoms with Gasteiger partial charge in [0.1, 0.15) is 6.04 Å². The summed E-state index contributed by atoms with van der Waals surface area (Å²) in [5, 5.41) is 13.8. The molecule has 0 saturated carbocycles. The molecule has 3 aromatic rings. The highest BCUT2D eigenvalue weighted by molar-refractivity contribution is 5.87. The van der Waals surface area contributed by atoms with Crippen LogP contribution in [0, 0.1) is 0 Å². The lowest BCUT2D eigenvalue weighted by molar-refractivity contribution is -0.139. The maximum atomic E-state index is 11.5. The van der Waals surface area contributed by atoms with Gasteiger partial charge in [0.15, 0.2) is 0 Å². The van der Waals surface area contributed by atoms with Gasteiger partial charge in [-0.3, -0.25) is 10.1 Å². The van der Waals surface area contributed by atoms with E-state index in [9.17, 15) is 9.90 Å². The lowest BCUT2D eigenvalue weighted by atomic mass is 9.93. The van der Waals surface area contributed by atoms with Crippen molar-refractivity contribution in [2.24, 2.45) is 0 Å². The third-order valence-electron chi connectivity index (χ3n) is 4.53. The third kappa shape index (κ3) is 2.61. The highest BCUT2D eigenvalue weighted by Gasteiger charge is 2.31. The normalized spacial score (nSPS) is 20.3. The zero-order chi connectivity index (χ0) is 16.5. The number of carboxylic acid groups (broad SMARTS) is 1. The van der Waals surface area contributed by atoms with E-state index in [1.807, 2.05) is 66.7 Å². The molecule has 0 unspecified atom stereocenters. The van der Waals surface area contributed by atoms with Crippen LogP contribution in [0.3, 0.4) is 0 Å². The fraction of sp³-hybridized carbons (Fsp3) is 0.150. The average Bonchev–Trinajstić information content (AvgIpc) is 2.99. The van der Waals surface area contributed by atoms with Gasteiger partial charge in [-0.2, -0.15) is 0 Å². The van der Waals surface area contributed by atoms with E-state index in [1.54, 1.807) is 0 Å². The summed E-state index contributed by atoms with van der Waals surface area (Å²) in [6.45, 7) is 0. The quantitative estimate of drug-likeness (QED) is 0.692. The minimum atomic E-state index is -0.816. The zero-order valence-electron chi connectivity index (χ0n) is 13.1. The summed E-state index contributed by atoms with van der Waals surface area (Å²) in [6.07, 6.45) is 4.54. The SMILES string of the molecule is O=C(O)[C@@H]1Cc2c([nH]c3ccccc23)[C@@H](/C=C/c2ccccc2)N1. The van der Waals surface area contributed by atoms with Gasteiger partial charge in [-0.25, -0.2) is 0 Å². The molecule has 120 valence electrons. The van der Waals surface area contributed by atoms with E-state index in [-0.39, 0.29) is 6.04 Å². The van der Waals surface area contributed by atoms with Gasteiger partial charge in [0.2, 0.25) is 0 Å². The molecule has 0 saturated heterocycles. The number of para-hydroxylation sites is 1. The van der Waals surface area contributed by atoms with Crippen molar-refractivity contribution in [1.82, 2.24) is 10.3 Å². The summed E-state index contributed by atoms with van der Waals surface area (Å²) in [6, 6.07) is 17.3. The van der Waals surface area contributed by atoms with Crippen molar-refractivity contribution in [1.29, 1.82) is 0 Å². The van der Waals surface area contributed by atoms with Crippen LogP contribution in [0.2, 0.25) is 0 Å². The summed E-state index contributed by atoms with van der Waals surface area (Å²) in [5.41, 5.74) is 4.29. The molecule has 3 N–H and O–H groups in total. The first-order valence-corrected chi connectivity index (χ1v) is 8.04. The number of fused-ring (bicyclic) bond motifs is 3. The molecule has 24 heavy (non-hydrogen) atoms. The summed E-state index contributed by atoms with van der Waals surface area (Å²) >= 11 is 0. The maximum Gasteiger partial charge on any atom is 0.321 e. The van der Waals surface area contributed by atoms with Gasteiger partial charge < -0.3 is 10.1 Å². The fourth-order valence-electron chi connectivity index (χ4n) is 3.35. The van der Waals surface area contributed by atoms with Crippen LogP contribution in [0.4, 0.5) is 0 Å². The third-order valence-corrected chi connectivity index (χ3v) is 4.53. The second-order valence-electron chi connectivity index (χ2n) is 6.07. The lowest BCUT2D eigenvalue weighted by Crippen LogP contribution is -2.44. The van der Waals surface area contributed by atoms with Crippen molar-refractivity contribution in [2.45, 2.75) is 18.5 Å². The van der Waals surface area contributed by atoms with Crippen LogP contribution in [0.5, 0.6) is 0 Å². The number of hydrogen-bond donors (Lipinski definition) is 3. The summed E-state index contributed by atoms with van der Waals surface area (Å²) in [7, 11) is 0. The Bertz CT molecular complexity index is 912. The monoisotopic (exact) mass is 318 g/mol.